The SMILES string of the molecule is COC[C@@H](O)CN1CCC[C@@H]1c1noc(C)n1. The van der Waals surface area contributed by atoms with E-state index in [0.717, 1.165) is 25.2 Å². The summed E-state index contributed by atoms with van der Waals surface area (Å²) in [6.45, 7) is 3.69. The van der Waals surface area contributed by atoms with E-state index in [9.17, 15) is 5.11 Å². The third kappa shape index (κ3) is 3.02. The lowest BCUT2D eigenvalue weighted by molar-refractivity contribution is 0.0336. The molecule has 2 heterocycles. The van der Waals surface area contributed by atoms with Crippen LogP contribution in [0.4, 0.5) is 0 Å². The summed E-state index contributed by atoms with van der Waals surface area (Å²) in [5.74, 6) is 1.31. The zero-order valence-electron chi connectivity index (χ0n) is 10.3. The Labute approximate surface area is 101 Å². The summed E-state index contributed by atoms with van der Waals surface area (Å²) >= 11 is 0. The predicted molar refractivity (Wildman–Crippen MR) is 60.5 cm³/mol. The van der Waals surface area contributed by atoms with Crippen molar-refractivity contribution in [3.05, 3.63) is 11.7 Å². The van der Waals surface area contributed by atoms with Crippen molar-refractivity contribution in [2.75, 3.05) is 26.8 Å². The minimum Gasteiger partial charge on any atom is -0.389 e. The van der Waals surface area contributed by atoms with Crippen molar-refractivity contribution < 1.29 is 14.4 Å². The minimum absolute atomic E-state index is 0.166. The van der Waals surface area contributed by atoms with Crippen LogP contribution in [-0.4, -0.2) is 53.1 Å². The van der Waals surface area contributed by atoms with Gasteiger partial charge in [-0.3, -0.25) is 4.90 Å². The zero-order chi connectivity index (χ0) is 12.3. The van der Waals surface area contributed by atoms with Crippen LogP contribution < -0.4 is 0 Å². The Morgan fingerprint density at radius 2 is 2.47 bits per heavy atom. The lowest BCUT2D eigenvalue weighted by Gasteiger charge is -2.24. The molecule has 1 aliphatic heterocycles. The Hall–Kier alpha value is -0.980. The van der Waals surface area contributed by atoms with E-state index >= 15 is 0 Å². The van der Waals surface area contributed by atoms with Gasteiger partial charge in [-0.1, -0.05) is 5.16 Å². The van der Waals surface area contributed by atoms with Gasteiger partial charge >= 0.3 is 0 Å². The van der Waals surface area contributed by atoms with Crippen LogP contribution >= 0.6 is 0 Å². The van der Waals surface area contributed by atoms with E-state index in [4.69, 9.17) is 9.26 Å². The number of aromatic nitrogens is 2. The number of rotatable bonds is 5. The van der Waals surface area contributed by atoms with Crippen LogP contribution in [0.25, 0.3) is 0 Å². The maximum absolute atomic E-state index is 9.75. The lowest BCUT2D eigenvalue weighted by Crippen LogP contribution is -2.34. The van der Waals surface area contributed by atoms with Crippen molar-refractivity contribution in [3.8, 4) is 0 Å². The van der Waals surface area contributed by atoms with Crippen LogP contribution in [0.5, 0.6) is 0 Å². The van der Waals surface area contributed by atoms with E-state index in [1.54, 1.807) is 14.0 Å². The van der Waals surface area contributed by atoms with Gasteiger partial charge in [0.2, 0.25) is 5.89 Å². The highest BCUT2D eigenvalue weighted by atomic mass is 16.5. The van der Waals surface area contributed by atoms with Crippen LogP contribution in [0.3, 0.4) is 0 Å². The highest BCUT2D eigenvalue weighted by Gasteiger charge is 2.30. The average molecular weight is 241 g/mol. The minimum atomic E-state index is -0.464. The molecular weight excluding hydrogens is 222 g/mol. The number of ether oxygens (including phenoxy) is 1. The molecule has 6 nitrogen and oxygen atoms in total. The van der Waals surface area contributed by atoms with Gasteiger partial charge in [0.1, 0.15) is 0 Å². The Balaban J connectivity index is 1.97. The van der Waals surface area contributed by atoms with Gasteiger partial charge < -0.3 is 14.4 Å². The standard InChI is InChI=1S/C11H19N3O3/c1-8-12-11(13-17-8)10-4-3-5-14(10)6-9(15)7-16-2/h9-10,15H,3-7H2,1-2H3/t9-,10+/m0/s1. The van der Waals surface area contributed by atoms with Crippen LogP contribution in [-0.2, 0) is 4.74 Å². The van der Waals surface area contributed by atoms with Crippen LogP contribution in [0.1, 0.15) is 30.6 Å². The largest absolute Gasteiger partial charge is 0.389 e. The fourth-order valence-corrected chi connectivity index (χ4v) is 2.30. The molecule has 96 valence electrons. The number of aryl methyl sites for hydroxylation is 1. The second-order valence-electron chi connectivity index (χ2n) is 4.43. The first-order valence-electron chi connectivity index (χ1n) is 5.92. The van der Waals surface area contributed by atoms with Gasteiger partial charge in [0.15, 0.2) is 5.82 Å². The molecule has 0 saturated carbocycles. The van der Waals surface area contributed by atoms with Gasteiger partial charge in [-0.25, -0.2) is 0 Å². The predicted octanol–water partition coefficient (Wildman–Crippen LogP) is 0.522. The first-order valence-corrected chi connectivity index (χ1v) is 5.92. The van der Waals surface area contributed by atoms with Crippen molar-refractivity contribution in [2.24, 2.45) is 0 Å². The number of hydrogen-bond acceptors (Lipinski definition) is 6. The molecular formula is C11H19N3O3. The molecule has 6 heteroatoms. The van der Waals surface area contributed by atoms with Gasteiger partial charge in [-0.2, -0.15) is 4.98 Å². The zero-order valence-corrected chi connectivity index (χ0v) is 10.3. The van der Waals surface area contributed by atoms with E-state index in [0.29, 0.717) is 19.0 Å². The first kappa shape index (κ1) is 12.5. The molecule has 1 fully saturated rings. The van der Waals surface area contributed by atoms with E-state index in [1.807, 2.05) is 0 Å². The Bertz CT molecular complexity index is 355. The Kier molecular flexibility index (Phi) is 4.09. The van der Waals surface area contributed by atoms with Crippen LogP contribution in [0, 0.1) is 6.92 Å². The molecule has 1 aromatic heterocycles. The normalized spacial score (nSPS) is 23.1. The smallest absolute Gasteiger partial charge is 0.223 e. The highest BCUT2D eigenvalue weighted by molar-refractivity contribution is 4.97. The second kappa shape index (κ2) is 5.57. The fraction of sp³-hybridized carbons (Fsp3) is 0.818. The maximum atomic E-state index is 9.75. The first-order chi connectivity index (χ1) is 8.20. The van der Waals surface area contributed by atoms with Crippen molar-refractivity contribution in [1.29, 1.82) is 0 Å². The average Bonchev–Trinajstić information content (AvgIpc) is 2.87. The van der Waals surface area contributed by atoms with Crippen molar-refractivity contribution in [2.45, 2.75) is 31.9 Å². The number of nitrogens with zero attached hydrogens (tertiary/aromatic N) is 3. The number of likely N-dealkylation sites (tertiary alicyclic amines) is 1. The Morgan fingerprint density at radius 3 is 3.12 bits per heavy atom. The fourth-order valence-electron chi connectivity index (χ4n) is 2.30. The summed E-state index contributed by atoms with van der Waals surface area (Å²) < 4.78 is 9.94. The number of aliphatic hydroxyl groups excluding tert-OH is 1. The molecule has 1 saturated heterocycles. The Morgan fingerprint density at radius 1 is 1.65 bits per heavy atom. The molecule has 0 aromatic carbocycles. The molecule has 0 aliphatic carbocycles. The van der Waals surface area contributed by atoms with Gasteiger partial charge in [0.25, 0.3) is 0 Å². The molecule has 1 N–H and O–H groups in total. The number of methoxy groups -OCH3 is 1. The van der Waals surface area contributed by atoms with E-state index < -0.39 is 6.10 Å². The monoisotopic (exact) mass is 241 g/mol. The summed E-state index contributed by atoms with van der Waals surface area (Å²) in [6.07, 6.45) is 1.64. The highest BCUT2D eigenvalue weighted by Crippen LogP contribution is 2.29. The van der Waals surface area contributed by atoms with Crippen molar-refractivity contribution >= 4 is 0 Å². The molecule has 0 spiro atoms. The van der Waals surface area contributed by atoms with Crippen molar-refractivity contribution in [3.63, 3.8) is 0 Å². The van der Waals surface area contributed by atoms with Crippen molar-refractivity contribution in [1.82, 2.24) is 15.0 Å². The lowest BCUT2D eigenvalue weighted by atomic mass is 10.2. The molecule has 1 aromatic rings. The summed E-state index contributed by atoms with van der Waals surface area (Å²) in [5.41, 5.74) is 0. The second-order valence-corrected chi connectivity index (χ2v) is 4.43. The molecule has 1 aliphatic rings. The van der Waals surface area contributed by atoms with Crippen LogP contribution in [0.2, 0.25) is 0 Å². The molecule has 17 heavy (non-hydrogen) atoms. The topological polar surface area (TPSA) is 71.6 Å². The van der Waals surface area contributed by atoms with Gasteiger partial charge in [0, 0.05) is 20.6 Å². The van der Waals surface area contributed by atoms with Gasteiger partial charge in [-0.05, 0) is 19.4 Å². The molecule has 0 bridgehead atoms. The van der Waals surface area contributed by atoms with E-state index in [-0.39, 0.29) is 6.04 Å². The number of aliphatic hydroxyl groups is 1. The third-order valence-corrected chi connectivity index (χ3v) is 3.01. The summed E-state index contributed by atoms with van der Waals surface area (Å²) in [7, 11) is 1.59. The van der Waals surface area contributed by atoms with E-state index in [1.165, 1.54) is 0 Å². The molecule has 0 amide bonds. The molecule has 0 unspecified atom stereocenters. The van der Waals surface area contributed by atoms with Crippen LogP contribution in [0.15, 0.2) is 4.52 Å². The van der Waals surface area contributed by atoms with E-state index in [2.05, 4.69) is 15.0 Å². The van der Waals surface area contributed by atoms with Gasteiger partial charge in [-0.15, -0.1) is 0 Å². The maximum Gasteiger partial charge on any atom is 0.223 e. The summed E-state index contributed by atoms with van der Waals surface area (Å²) in [6, 6.07) is 0.166. The molecule has 0 radical (unpaired) electrons. The summed E-state index contributed by atoms with van der Waals surface area (Å²) in [4.78, 5) is 6.45. The number of hydrogen-bond donors (Lipinski definition) is 1. The quantitative estimate of drug-likeness (QED) is 0.810. The number of β-amino-alcohol motifs (C(OH)–C–C–N with tert-alkyl or cyclic N) is 1. The van der Waals surface area contributed by atoms with Gasteiger partial charge in [0.05, 0.1) is 18.8 Å². The molecule has 2 rings (SSSR count). The molecule has 2 atom stereocenters. The summed E-state index contributed by atoms with van der Waals surface area (Å²) in [5, 5.41) is 13.7. The third-order valence-electron chi connectivity index (χ3n) is 3.01.